The maximum absolute atomic E-state index is 12.5. The standard InChI is InChI=1S/C18H14N4O3/c23-16-11-5-1-3-7-13(11)20-18-21-15(9-10-22(16)18)19-14-8-4-2-6-12(14)17(24)25/h1-10,18,20H,(H,19,21)(H,24,25)/t18-/m1/s1. The van der Waals surface area contributed by atoms with Crippen molar-refractivity contribution in [3.63, 3.8) is 0 Å². The maximum atomic E-state index is 12.5. The summed E-state index contributed by atoms with van der Waals surface area (Å²) in [6, 6.07) is 13.8. The fourth-order valence-corrected chi connectivity index (χ4v) is 2.81. The SMILES string of the molecule is O=C(O)c1ccccc1NC1=N[C@H]2Nc3ccccc3C(=O)N2C=C1. The van der Waals surface area contributed by atoms with Crippen molar-refractivity contribution in [1.29, 1.82) is 0 Å². The zero-order valence-electron chi connectivity index (χ0n) is 13.0. The van der Waals surface area contributed by atoms with Crippen molar-refractivity contribution in [3.05, 3.63) is 71.9 Å². The average molecular weight is 334 g/mol. The molecule has 0 fully saturated rings. The Morgan fingerprint density at radius 2 is 1.92 bits per heavy atom. The second-order valence-electron chi connectivity index (χ2n) is 5.58. The van der Waals surface area contributed by atoms with Gasteiger partial charge in [-0.1, -0.05) is 24.3 Å². The van der Waals surface area contributed by atoms with Crippen LogP contribution < -0.4 is 10.6 Å². The van der Waals surface area contributed by atoms with E-state index < -0.39 is 12.3 Å². The van der Waals surface area contributed by atoms with Gasteiger partial charge in [-0.3, -0.25) is 9.69 Å². The lowest BCUT2D eigenvalue weighted by molar-refractivity contribution is 0.0697. The van der Waals surface area contributed by atoms with Crippen LogP contribution in [0.5, 0.6) is 0 Å². The summed E-state index contributed by atoms with van der Waals surface area (Å²) in [5.74, 6) is -0.691. The first-order chi connectivity index (χ1) is 12.1. The minimum absolute atomic E-state index is 0.135. The van der Waals surface area contributed by atoms with Gasteiger partial charge in [0.1, 0.15) is 5.84 Å². The lowest BCUT2D eigenvalue weighted by atomic mass is 10.1. The van der Waals surface area contributed by atoms with Crippen LogP contribution in [0.4, 0.5) is 11.4 Å². The number of carbonyl (C=O) groups is 2. The lowest BCUT2D eigenvalue weighted by Gasteiger charge is -2.35. The van der Waals surface area contributed by atoms with E-state index in [1.807, 2.05) is 18.2 Å². The second kappa shape index (κ2) is 5.79. The predicted octanol–water partition coefficient (Wildman–Crippen LogP) is 2.57. The van der Waals surface area contributed by atoms with Crippen LogP contribution in [0.25, 0.3) is 0 Å². The highest BCUT2D eigenvalue weighted by atomic mass is 16.4. The molecule has 2 heterocycles. The number of para-hydroxylation sites is 2. The van der Waals surface area contributed by atoms with E-state index in [4.69, 9.17) is 0 Å². The summed E-state index contributed by atoms with van der Waals surface area (Å²) in [7, 11) is 0. The van der Waals surface area contributed by atoms with Crippen LogP contribution in [0.1, 0.15) is 20.7 Å². The van der Waals surface area contributed by atoms with Crippen molar-refractivity contribution in [1.82, 2.24) is 4.90 Å². The van der Waals surface area contributed by atoms with Gasteiger partial charge in [0, 0.05) is 11.9 Å². The number of hydrogen-bond acceptors (Lipinski definition) is 5. The summed E-state index contributed by atoms with van der Waals surface area (Å²) in [5, 5.41) is 15.5. The molecule has 0 bridgehead atoms. The van der Waals surface area contributed by atoms with Crippen LogP contribution in [0.15, 0.2) is 65.8 Å². The zero-order chi connectivity index (χ0) is 17.4. The molecule has 1 atom stereocenters. The molecule has 7 nitrogen and oxygen atoms in total. The Morgan fingerprint density at radius 1 is 1.16 bits per heavy atom. The zero-order valence-corrected chi connectivity index (χ0v) is 13.0. The molecule has 1 amide bonds. The number of carboxylic acids is 1. The minimum atomic E-state index is -1.02. The molecule has 124 valence electrons. The van der Waals surface area contributed by atoms with Gasteiger partial charge in [0.05, 0.1) is 16.8 Å². The quantitative estimate of drug-likeness (QED) is 0.785. The number of amides is 1. The topological polar surface area (TPSA) is 94.0 Å². The Kier molecular flexibility index (Phi) is 3.46. The molecule has 0 aliphatic carbocycles. The Morgan fingerprint density at radius 3 is 2.76 bits per heavy atom. The molecule has 2 aromatic rings. The van der Waals surface area contributed by atoms with Crippen LogP contribution in [0.3, 0.4) is 0 Å². The van der Waals surface area contributed by atoms with E-state index >= 15 is 0 Å². The number of carboxylic acid groups (broad SMARTS) is 1. The Balaban J connectivity index is 1.63. The van der Waals surface area contributed by atoms with Crippen LogP contribution >= 0.6 is 0 Å². The van der Waals surface area contributed by atoms with Gasteiger partial charge < -0.3 is 15.7 Å². The fourth-order valence-electron chi connectivity index (χ4n) is 2.81. The van der Waals surface area contributed by atoms with Crippen molar-refractivity contribution in [3.8, 4) is 0 Å². The molecule has 0 saturated carbocycles. The lowest BCUT2D eigenvalue weighted by Crippen LogP contribution is -2.47. The first-order valence-electron chi connectivity index (χ1n) is 7.67. The highest BCUT2D eigenvalue weighted by molar-refractivity contribution is 6.09. The Hall–Kier alpha value is -3.61. The molecule has 4 rings (SSSR count). The maximum Gasteiger partial charge on any atom is 0.337 e. The number of carbonyl (C=O) groups excluding carboxylic acids is 1. The van der Waals surface area contributed by atoms with Gasteiger partial charge >= 0.3 is 5.97 Å². The summed E-state index contributed by atoms with van der Waals surface area (Å²) >= 11 is 0. The molecule has 2 aromatic carbocycles. The third-order valence-corrected chi connectivity index (χ3v) is 4.01. The monoisotopic (exact) mass is 334 g/mol. The molecule has 2 aliphatic rings. The number of aromatic carboxylic acids is 1. The number of fused-ring (bicyclic) bond motifs is 2. The number of nitrogens with one attached hydrogen (secondary N) is 2. The molecule has 7 heteroatoms. The molecule has 25 heavy (non-hydrogen) atoms. The van der Waals surface area contributed by atoms with Crippen molar-refractivity contribution >= 4 is 29.1 Å². The van der Waals surface area contributed by atoms with Gasteiger partial charge in [-0.2, -0.15) is 0 Å². The van der Waals surface area contributed by atoms with Crippen molar-refractivity contribution in [2.75, 3.05) is 10.6 Å². The van der Waals surface area contributed by atoms with Gasteiger partial charge in [0.15, 0.2) is 0 Å². The first-order valence-corrected chi connectivity index (χ1v) is 7.67. The molecule has 0 saturated heterocycles. The summed E-state index contributed by atoms with van der Waals surface area (Å²) < 4.78 is 0. The summed E-state index contributed by atoms with van der Waals surface area (Å²) in [6.07, 6.45) is 2.70. The molecule has 2 aliphatic heterocycles. The number of nitrogens with zero attached hydrogens (tertiary/aromatic N) is 2. The fraction of sp³-hybridized carbons (Fsp3) is 0.0556. The molecule has 0 radical (unpaired) electrons. The van der Waals surface area contributed by atoms with Gasteiger partial charge in [-0.15, -0.1) is 0 Å². The highest BCUT2D eigenvalue weighted by Crippen LogP contribution is 2.27. The van der Waals surface area contributed by atoms with E-state index in [2.05, 4.69) is 15.6 Å². The van der Waals surface area contributed by atoms with E-state index in [1.165, 1.54) is 11.0 Å². The largest absolute Gasteiger partial charge is 0.478 e. The van der Waals surface area contributed by atoms with Gasteiger partial charge in [0.25, 0.3) is 5.91 Å². The number of aliphatic imine (C=N–C) groups is 1. The number of anilines is 2. The average Bonchev–Trinajstić information content (AvgIpc) is 2.62. The number of rotatable bonds is 2. The number of benzene rings is 2. The van der Waals surface area contributed by atoms with Crippen LogP contribution in [-0.4, -0.2) is 34.0 Å². The number of hydrogen-bond donors (Lipinski definition) is 3. The highest BCUT2D eigenvalue weighted by Gasteiger charge is 2.32. The van der Waals surface area contributed by atoms with Crippen LogP contribution in [0.2, 0.25) is 0 Å². The smallest absolute Gasteiger partial charge is 0.337 e. The Labute approximate surface area is 143 Å². The van der Waals surface area contributed by atoms with E-state index in [9.17, 15) is 14.7 Å². The summed E-state index contributed by atoms with van der Waals surface area (Å²) in [4.78, 5) is 29.8. The summed E-state index contributed by atoms with van der Waals surface area (Å²) in [5.41, 5.74) is 1.90. The molecule has 0 spiro atoms. The predicted molar refractivity (Wildman–Crippen MR) is 93.6 cm³/mol. The van der Waals surface area contributed by atoms with Crippen molar-refractivity contribution < 1.29 is 14.7 Å². The van der Waals surface area contributed by atoms with Gasteiger partial charge in [-0.05, 0) is 30.3 Å². The van der Waals surface area contributed by atoms with Gasteiger partial charge in [-0.25, -0.2) is 9.79 Å². The van der Waals surface area contributed by atoms with Crippen LogP contribution in [0, 0.1) is 0 Å². The normalized spacial score (nSPS) is 17.9. The van der Waals surface area contributed by atoms with Crippen molar-refractivity contribution in [2.45, 2.75) is 6.29 Å². The van der Waals surface area contributed by atoms with E-state index in [0.717, 1.165) is 5.69 Å². The van der Waals surface area contributed by atoms with Gasteiger partial charge in [0.2, 0.25) is 6.29 Å². The summed E-state index contributed by atoms with van der Waals surface area (Å²) in [6.45, 7) is 0. The van der Waals surface area contributed by atoms with E-state index in [1.54, 1.807) is 36.5 Å². The van der Waals surface area contributed by atoms with E-state index in [-0.39, 0.29) is 11.5 Å². The first kappa shape index (κ1) is 14.9. The molecular weight excluding hydrogens is 320 g/mol. The van der Waals surface area contributed by atoms with Crippen LogP contribution in [-0.2, 0) is 0 Å². The molecule has 0 unspecified atom stereocenters. The number of amidine groups is 1. The van der Waals surface area contributed by atoms with Crippen molar-refractivity contribution in [2.24, 2.45) is 4.99 Å². The second-order valence-corrected chi connectivity index (χ2v) is 5.58. The minimum Gasteiger partial charge on any atom is -0.478 e. The molecular formula is C18H14N4O3. The molecule has 3 N–H and O–H groups in total. The van der Waals surface area contributed by atoms with E-state index in [0.29, 0.717) is 17.1 Å². The Bertz CT molecular complexity index is 935. The molecule has 0 aromatic heterocycles. The third-order valence-electron chi connectivity index (χ3n) is 4.01. The third kappa shape index (κ3) is 2.61.